The first-order valence-corrected chi connectivity index (χ1v) is 8.73. The summed E-state index contributed by atoms with van der Waals surface area (Å²) in [7, 11) is 0. The van der Waals surface area contributed by atoms with Crippen molar-refractivity contribution >= 4 is 35.0 Å². The summed E-state index contributed by atoms with van der Waals surface area (Å²) in [6, 6.07) is 19.8. The number of benzene rings is 2. The third-order valence-electron chi connectivity index (χ3n) is 4.29. The Morgan fingerprint density at radius 3 is 2.46 bits per heavy atom. The Labute approximate surface area is 161 Å². The molecule has 1 aliphatic heterocycles. The monoisotopic (exact) mass is 371 g/mol. The maximum absolute atomic E-state index is 12.7. The Morgan fingerprint density at radius 2 is 1.79 bits per heavy atom. The van der Waals surface area contributed by atoms with Crippen LogP contribution < -0.4 is 10.3 Å². The number of carbonyl (C=O) groups excluding carboxylic acids is 2. The van der Waals surface area contributed by atoms with Crippen molar-refractivity contribution in [1.29, 1.82) is 0 Å². The van der Waals surface area contributed by atoms with E-state index in [-0.39, 0.29) is 17.6 Å². The van der Waals surface area contributed by atoms with E-state index in [2.05, 4.69) is 10.4 Å². The van der Waals surface area contributed by atoms with Crippen molar-refractivity contribution in [2.24, 2.45) is 5.10 Å². The van der Waals surface area contributed by atoms with E-state index >= 15 is 0 Å². The van der Waals surface area contributed by atoms with Gasteiger partial charge >= 0.3 is 0 Å². The van der Waals surface area contributed by atoms with Gasteiger partial charge in [0.1, 0.15) is 0 Å². The lowest BCUT2D eigenvalue weighted by atomic mass is 10.1. The first kappa shape index (κ1) is 17.5. The minimum atomic E-state index is -0.316. The lowest BCUT2D eigenvalue weighted by Crippen LogP contribution is -2.21. The van der Waals surface area contributed by atoms with Crippen LogP contribution in [-0.2, 0) is 4.79 Å². The van der Waals surface area contributed by atoms with E-state index in [1.165, 1.54) is 11.3 Å². The highest BCUT2D eigenvalue weighted by molar-refractivity contribution is 6.32. The number of hydrazone groups is 1. The molecule has 4 rings (SSSR count). The number of rotatable bonds is 4. The molecule has 2 heterocycles. The second kappa shape index (κ2) is 7.36. The van der Waals surface area contributed by atoms with E-state index in [0.717, 1.165) is 11.3 Å². The molecule has 0 spiro atoms. The minimum Gasteiger partial charge on any atom is -0.459 e. The molecule has 6 nitrogen and oxygen atoms in total. The molecule has 138 valence electrons. The van der Waals surface area contributed by atoms with E-state index in [0.29, 0.717) is 17.0 Å². The van der Waals surface area contributed by atoms with Crippen molar-refractivity contribution in [2.45, 2.75) is 6.92 Å². The molecule has 1 aromatic heterocycles. The van der Waals surface area contributed by atoms with Crippen molar-refractivity contribution in [3.8, 4) is 0 Å². The van der Waals surface area contributed by atoms with E-state index in [1.807, 2.05) is 49.4 Å². The number of amides is 2. The Hall–Kier alpha value is -3.93. The zero-order chi connectivity index (χ0) is 19.5. The topological polar surface area (TPSA) is 74.9 Å². The Morgan fingerprint density at radius 1 is 1.04 bits per heavy atom. The quantitative estimate of drug-likeness (QED) is 0.693. The van der Waals surface area contributed by atoms with Crippen LogP contribution in [0.15, 0.2) is 88.1 Å². The average molecular weight is 371 g/mol. The van der Waals surface area contributed by atoms with E-state index in [1.54, 1.807) is 30.3 Å². The van der Waals surface area contributed by atoms with E-state index in [9.17, 15) is 9.59 Å². The third-order valence-corrected chi connectivity index (χ3v) is 4.29. The SMILES string of the molecule is CC1=NN(c2ccccc2)C(=O)C1=Cc1ccc(NC(=O)c2ccco2)cc1. The van der Waals surface area contributed by atoms with Gasteiger partial charge in [0.25, 0.3) is 11.8 Å². The summed E-state index contributed by atoms with van der Waals surface area (Å²) in [5, 5.41) is 8.53. The van der Waals surface area contributed by atoms with Gasteiger partial charge in [-0.2, -0.15) is 10.1 Å². The fourth-order valence-electron chi connectivity index (χ4n) is 2.86. The van der Waals surface area contributed by atoms with E-state index < -0.39 is 0 Å². The fraction of sp³-hybridized carbons (Fsp3) is 0.0455. The van der Waals surface area contributed by atoms with Gasteiger partial charge in [0.15, 0.2) is 5.76 Å². The van der Waals surface area contributed by atoms with Crippen LogP contribution in [0.1, 0.15) is 23.0 Å². The normalized spacial score (nSPS) is 15.0. The van der Waals surface area contributed by atoms with Crippen LogP contribution >= 0.6 is 0 Å². The number of furan rings is 1. The van der Waals surface area contributed by atoms with Crippen LogP contribution in [0, 0.1) is 0 Å². The van der Waals surface area contributed by atoms with Crippen molar-refractivity contribution in [2.75, 3.05) is 10.3 Å². The summed E-state index contributed by atoms with van der Waals surface area (Å²) >= 11 is 0. The number of anilines is 2. The lowest BCUT2D eigenvalue weighted by molar-refractivity contribution is -0.114. The summed E-state index contributed by atoms with van der Waals surface area (Å²) in [6.45, 7) is 1.81. The molecule has 28 heavy (non-hydrogen) atoms. The van der Waals surface area contributed by atoms with Gasteiger partial charge in [-0.3, -0.25) is 9.59 Å². The molecule has 0 saturated heterocycles. The Balaban J connectivity index is 1.50. The van der Waals surface area contributed by atoms with Crippen molar-refractivity contribution in [1.82, 2.24) is 0 Å². The van der Waals surface area contributed by atoms with Crippen LogP contribution in [0.25, 0.3) is 6.08 Å². The number of nitrogens with one attached hydrogen (secondary N) is 1. The second-order valence-corrected chi connectivity index (χ2v) is 6.25. The maximum Gasteiger partial charge on any atom is 0.291 e. The first-order chi connectivity index (χ1) is 13.6. The molecule has 2 amide bonds. The third kappa shape index (κ3) is 3.48. The predicted molar refractivity (Wildman–Crippen MR) is 108 cm³/mol. The lowest BCUT2D eigenvalue weighted by Gasteiger charge is -2.11. The van der Waals surface area contributed by atoms with Gasteiger partial charge in [0.05, 0.1) is 23.2 Å². The molecule has 2 aromatic carbocycles. The smallest absolute Gasteiger partial charge is 0.291 e. The highest BCUT2D eigenvalue weighted by Gasteiger charge is 2.28. The van der Waals surface area contributed by atoms with Crippen LogP contribution in [0.3, 0.4) is 0 Å². The number of hydrogen-bond donors (Lipinski definition) is 1. The van der Waals surface area contributed by atoms with Crippen LogP contribution in [0.5, 0.6) is 0 Å². The van der Waals surface area contributed by atoms with Gasteiger partial charge in [-0.25, -0.2) is 0 Å². The van der Waals surface area contributed by atoms with Crippen LogP contribution in [0.4, 0.5) is 11.4 Å². The minimum absolute atomic E-state index is 0.168. The molecule has 0 saturated carbocycles. The molecule has 1 N–H and O–H groups in total. The summed E-state index contributed by atoms with van der Waals surface area (Å²) in [5.74, 6) is -0.238. The highest BCUT2D eigenvalue weighted by Crippen LogP contribution is 2.25. The molecule has 6 heteroatoms. The van der Waals surface area contributed by atoms with Gasteiger partial charge in [-0.05, 0) is 55.0 Å². The largest absolute Gasteiger partial charge is 0.459 e. The zero-order valence-electron chi connectivity index (χ0n) is 15.1. The van der Waals surface area contributed by atoms with Gasteiger partial charge in [0, 0.05) is 5.69 Å². The molecular weight excluding hydrogens is 354 g/mol. The highest BCUT2D eigenvalue weighted by atomic mass is 16.3. The van der Waals surface area contributed by atoms with Gasteiger partial charge in [-0.15, -0.1) is 0 Å². The standard InChI is InChI=1S/C22H17N3O3/c1-15-19(22(27)25(24-15)18-6-3-2-4-7-18)14-16-9-11-17(12-10-16)23-21(26)20-8-5-13-28-20/h2-14H,1H3,(H,23,26). The van der Waals surface area contributed by atoms with Crippen LogP contribution in [-0.4, -0.2) is 17.5 Å². The van der Waals surface area contributed by atoms with Crippen molar-refractivity contribution in [3.05, 3.63) is 89.9 Å². The zero-order valence-corrected chi connectivity index (χ0v) is 15.1. The number of para-hydroxylation sites is 1. The molecule has 0 atom stereocenters. The second-order valence-electron chi connectivity index (χ2n) is 6.25. The summed E-state index contributed by atoms with van der Waals surface area (Å²) < 4.78 is 5.07. The van der Waals surface area contributed by atoms with Gasteiger partial charge in [-0.1, -0.05) is 30.3 Å². The molecule has 3 aromatic rings. The maximum atomic E-state index is 12.7. The van der Waals surface area contributed by atoms with Crippen molar-refractivity contribution < 1.29 is 14.0 Å². The molecular formula is C22H17N3O3. The van der Waals surface area contributed by atoms with Crippen LogP contribution in [0.2, 0.25) is 0 Å². The van der Waals surface area contributed by atoms with Crippen molar-refractivity contribution in [3.63, 3.8) is 0 Å². The molecule has 0 fully saturated rings. The summed E-state index contributed by atoms with van der Waals surface area (Å²) in [4.78, 5) is 24.8. The molecule has 0 unspecified atom stereocenters. The van der Waals surface area contributed by atoms with Gasteiger partial charge in [0.2, 0.25) is 0 Å². The average Bonchev–Trinajstić information content (AvgIpc) is 3.35. The van der Waals surface area contributed by atoms with E-state index in [4.69, 9.17) is 4.42 Å². The van der Waals surface area contributed by atoms with Gasteiger partial charge < -0.3 is 9.73 Å². The first-order valence-electron chi connectivity index (χ1n) is 8.73. The summed E-state index contributed by atoms with van der Waals surface area (Å²) in [5.41, 5.74) is 3.40. The molecule has 0 radical (unpaired) electrons. The predicted octanol–water partition coefficient (Wildman–Crippen LogP) is 4.34. The number of carbonyl (C=O) groups is 2. The molecule has 1 aliphatic rings. The fourth-order valence-corrected chi connectivity index (χ4v) is 2.86. The molecule has 0 aliphatic carbocycles. The summed E-state index contributed by atoms with van der Waals surface area (Å²) in [6.07, 6.45) is 3.24. The number of hydrogen-bond acceptors (Lipinski definition) is 4. The Kier molecular flexibility index (Phi) is 4.60. The Bertz CT molecular complexity index is 1070. The molecule has 0 bridgehead atoms. The number of nitrogens with zero attached hydrogens (tertiary/aromatic N) is 2.